The molecule has 1 heterocycles. The molecule has 0 saturated carbocycles. The van der Waals surface area contributed by atoms with Gasteiger partial charge in [0.15, 0.2) is 16.7 Å². The highest BCUT2D eigenvalue weighted by atomic mass is 79.9. The number of benzene rings is 2. The summed E-state index contributed by atoms with van der Waals surface area (Å²) in [4.78, 5) is 12.3. The van der Waals surface area contributed by atoms with Gasteiger partial charge in [-0.3, -0.25) is 10.2 Å². The summed E-state index contributed by atoms with van der Waals surface area (Å²) in [6.07, 6.45) is 1.72. The van der Waals surface area contributed by atoms with Crippen molar-refractivity contribution in [3.05, 3.63) is 56.9 Å². The maximum Gasteiger partial charge on any atom is 0.264 e. The van der Waals surface area contributed by atoms with Crippen LogP contribution in [0, 0.1) is 12.3 Å². The number of halogens is 1. The Bertz CT molecular complexity index is 962. The number of nitrogens with one attached hydrogen (secondary N) is 2. The molecule has 2 aromatic rings. The van der Waals surface area contributed by atoms with Crippen molar-refractivity contribution in [3.8, 4) is 17.2 Å². The van der Waals surface area contributed by atoms with E-state index in [4.69, 9.17) is 19.6 Å². The predicted octanol–water partition coefficient (Wildman–Crippen LogP) is 4.75. The molecule has 0 spiro atoms. The van der Waals surface area contributed by atoms with Crippen LogP contribution in [0.1, 0.15) is 18.1 Å². The van der Waals surface area contributed by atoms with E-state index in [1.807, 2.05) is 50.2 Å². The fraction of sp³-hybridized carbons (Fsp3) is 0.238. The molecular formula is C21H21BrN2O4S. The third-order valence-corrected chi connectivity index (χ3v) is 5.39. The number of aryl methyl sites for hydroxylation is 1. The van der Waals surface area contributed by atoms with E-state index in [1.54, 1.807) is 6.08 Å². The van der Waals surface area contributed by atoms with Gasteiger partial charge >= 0.3 is 0 Å². The van der Waals surface area contributed by atoms with Crippen LogP contribution in [0.3, 0.4) is 0 Å². The maximum absolute atomic E-state index is 11.8. The van der Waals surface area contributed by atoms with Crippen LogP contribution in [0.15, 0.2) is 45.8 Å². The minimum absolute atomic E-state index is 0.124. The second-order valence-electron chi connectivity index (χ2n) is 6.12. The van der Waals surface area contributed by atoms with Gasteiger partial charge in [0, 0.05) is 0 Å². The van der Waals surface area contributed by atoms with E-state index < -0.39 is 0 Å². The van der Waals surface area contributed by atoms with Crippen molar-refractivity contribution < 1.29 is 19.0 Å². The summed E-state index contributed by atoms with van der Waals surface area (Å²) in [5.41, 5.74) is 1.85. The third kappa shape index (κ3) is 5.55. The number of carbonyl (C=O) groups excluding carboxylic acids is 1. The largest absolute Gasteiger partial charge is 0.490 e. The van der Waals surface area contributed by atoms with E-state index in [0.717, 1.165) is 28.6 Å². The normalized spacial score (nSPS) is 14.8. The van der Waals surface area contributed by atoms with Gasteiger partial charge in [-0.2, -0.15) is 0 Å². The standard InChI is InChI=1S/C21H21BrN2O4S/c1-3-26-17-11-14(12-18-20(25)24-21(23)29-18)10-15(22)19(17)28-9-8-27-16-7-5-4-6-13(16)2/h4-7,10-12H,3,8-9H2,1-2H3,(H2,23,24,25). The Morgan fingerprint density at radius 1 is 1.14 bits per heavy atom. The first-order chi connectivity index (χ1) is 14.0. The molecule has 29 heavy (non-hydrogen) atoms. The molecule has 0 aromatic heterocycles. The fourth-order valence-electron chi connectivity index (χ4n) is 2.68. The minimum Gasteiger partial charge on any atom is -0.490 e. The van der Waals surface area contributed by atoms with Crippen molar-refractivity contribution in [1.29, 1.82) is 5.41 Å². The molecule has 1 aliphatic rings. The molecule has 3 rings (SSSR count). The first kappa shape index (κ1) is 21.3. The van der Waals surface area contributed by atoms with Crippen LogP contribution in [0.2, 0.25) is 0 Å². The molecule has 0 bridgehead atoms. The summed E-state index contributed by atoms with van der Waals surface area (Å²) in [6, 6.07) is 11.5. The zero-order valence-electron chi connectivity index (χ0n) is 16.1. The number of para-hydroxylation sites is 1. The number of thioether (sulfide) groups is 1. The van der Waals surface area contributed by atoms with Crippen LogP contribution >= 0.6 is 27.7 Å². The molecule has 0 aliphatic carbocycles. The Kier molecular flexibility index (Phi) is 7.22. The second kappa shape index (κ2) is 9.84. The van der Waals surface area contributed by atoms with E-state index in [9.17, 15) is 4.79 Å². The summed E-state index contributed by atoms with van der Waals surface area (Å²) in [6.45, 7) is 5.11. The van der Waals surface area contributed by atoms with Crippen LogP contribution in [0.4, 0.5) is 0 Å². The van der Waals surface area contributed by atoms with Crippen molar-refractivity contribution in [1.82, 2.24) is 5.32 Å². The van der Waals surface area contributed by atoms with Crippen LogP contribution < -0.4 is 19.5 Å². The maximum atomic E-state index is 11.8. The molecule has 2 aromatic carbocycles. The molecule has 6 nitrogen and oxygen atoms in total. The average Bonchev–Trinajstić information content (AvgIpc) is 2.99. The number of hydrogen-bond donors (Lipinski definition) is 2. The monoisotopic (exact) mass is 476 g/mol. The molecule has 1 amide bonds. The van der Waals surface area contributed by atoms with Gasteiger partial charge in [0.05, 0.1) is 16.0 Å². The van der Waals surface area contributed by atoms with E-state index >= 15 is 0 Å². The van der Waals surface area contributed by atoms with Crippen molar-refractivity contribution in [2.45, 2.75) is 13.8 Å². The topological polar surface area (TPSA) is 80.6 Å². The van der Waals surface area contributed by atoms with Gasteiger partial charge in [0.2, 0.25) is 0 Å². The van der Waals surface area contributed by atoms with Gasteiger partial charge in [0.1, 0.15) is 19.0 Å². The van der Waals surface area contributed by atoms with Crippen molar-refractivity contribution in [2.75, 3.05) is 19.8 Å². The molecule has 8 heteroatoms. The summed E-state index contributed by atoms with van der Waals surface area (Å²) < 4.78 is 18.1. The Morgan fingerprint density at radius 2 is 1.90 bits per heavy atom. The molecule has 1 fully saturated rings. The number of ether oxygens (including phenoxy) is 3. The lowest BCUT2D eigenvalue weighted by molar-refractivity contribution is -0.115. The molecule has 1 saturated heterocycles. The van der Waals surface area contributed by atoms with E-state index in [-0.39, 0.29) is 11.1 Å². The second-order valence-corrected chi connectivity index (χ2v) is 8.03. The SMILES string of the molecule is CCOc1cc(C=C2SC(=N)NC2=O)cc(Br)c1OCCOc1ccccc1C. The Morgan fingerprint density at radius 3 is 2.59 bits per heavy atom. The van der Waals surface area contributed by atoms with Gasteiger partial charge in [-0.05, 0) is 76.9 Å². The first-order valence-corrected chi connectivity index (χ1v) is 10.7. The van der Waals surface area contributed by atoms with Crippen molar-refractivity contribution >= 4 is 44.8 Å². The quantitative estimate of drug-likeness (QED) is 0.424. The van der Waals surface area contributed by atoms with Gasteiger partial charge in [0.25, 0.3) is 5.91 Å². The Balaban J connectivity index is 1.71. The van der Waals surface area contributed by atoms with Crippen LogP contribution in [0.25, 0.3) is 6.08 Å². The fourth-order valence-corrected chi connectivity index (χ4v) is 3.96. The molecular weight excluding hydrogens is 456 g/mol. The number of amidine groups is 1. The molecule has 152 valence electrons. The summed E-state index contributed by atoms with van der Waals surface area (Å²) in [5.74, 6) is 1.71. The Hall–Kier alpha value is -2.45. The van der Waals surface area contributed by atoms with Gasteiger partial charge < -0.3 is 19.5 Å². The lowest BCUT2D eigenvalue weighted by Crippen LogP contribution is -2.18. The van der Waals surface area contributed by atoms with Gasteiger partial charge in [-0.25, -0.2) is 0 Å². The lowest BCUT2D eigenvalue weighted by atomic mass is 10.2. The Labute approximate surface area is 182 Å². The van der Waals surface area contributed by atoms with Crippen LogP contribution in [-0.4, -0.2) is 30.9 Å². The molecule has 0 radical (unpaired) electrons. The van der Waals surface area contributed by atoms with E-state index in [0.29, 0.717) is 40.7 Å². The molecule has 2 N–H and O–H groups in total. The number of hydrogen-bond acceptors (Lipinski definition) is 6. The summed E-state index contributed by atoms with van der Waals surface area (Å²) in [5, 5.41) is 10.1. The molecule has 1 aliphatic heterocycles. The summed E-state index contributed by atoms with van der Waals surface area (Å²) in [7, 11) is 0. The van der Waals surface area contributed by atoms with Gasteiger partial charge in [-0.1, -0.05) is 18.2 Å². The van der Waals surface area contributed by atoms with Gasteiger partial charge in [-0.15, -0.1) is 0 Å². The highest BCUT2D eigenvalue weighted by Gasteiger charge is 2.22. The number of carbonyl (C=O) groups is 1. The third-order valence-electron chi connectivity index (χ3n) is 3.97. The highest BCUT2D eigenvalue weighted by Crippen LogP contribution is 2.38. The first-order valence-electron chi connectivity index (χ1n) is 9.05. The van der Waals surface area contributed by atoms with Crippen LogP contribution in [-0.2, 0) is 4.79 Å². The molecule has 0 unspecified atom stereocenters. The average molecular weight is 477 g/mol. The van der Waals surface area contributed by atoms with Crippen molar-refractivity contribution in [3.63, 3.8) is 0 Å². The smallest absolute Gasteiger partial charge is 0.264 e. The summed E-state index contributed by atoms with van der Waals surface area (Å²) >= 11 is 4.62. The van der Waals surface area contributed by atoms with Crippen molar-refractivity contribution in [2.24, 2.45) is 0 Å². The number of amides is 1. The lowest BCUT2D eigenvalue weighted by Gasteiger charge is -2.15. The zero-order chi connectivity index (χ0) is 20.8. The highest BCUT2D eigenvalue weighted by molar-refractivity contribution is 9.10. The van der Waals surface area contributed by atoms with E-state index in [1.165, 1.54) is 0 Å². The molecule has 0 atom stereocenters. The zero-order valence-corrected chi connectivity index (χ0v) is 18.5. The number of rotatable bonds is 8. The minimum atomic E-state index is -0.275. The van der Waals surface area contributed by atoms with Crippen LogP contribution in [0.5, 0.6) is 17.2 Å². The van der Waals surface area contributed by atoms with E-state index in [2.05, 4.69) is 21.2 Å². The predicted molar refractivity (Wildman–Crippen MR) is 119 cm³/mol.